The minimum absolute atomic E-state index is 0.974. The molecule has 4 bridgehead atoms. The van der Waals surface area contributed by atoms with Gasteiger partial charge in [0.15, 0.2) is 0 Å². The smallest absolute Gasteiger partial charge is 0.126 e. The average molecular weight is 381 g/mol. The van der Waals surface area contributed by atoms with Crippen LogP contribution < -0.4 is 4.74 Å². The van der Waals surface area contributed by atoms with E-state index in [1.807, 2.05) is 23.5 Å². The summed E-state index contributed by atoms with van der Waals surface area (Å²) in [6.45, 7) is 0. The Morgan fingerprint density at radius 3 is 1.76 bits per heavy atom. The second kappa shape index (κ2) is 7.12. The highest BCUT2D eigenvalue weighted by molar-refractivity contribution is 9.10. The van der Waals surface area contributed by atoms with Gasteiger partial charge in [0.2, 0.25) is 0 Å². The Kier molecular flexibility index (Phi) is 5.19. The lowest BCUT2D eigenvalue weighted by atomic mass is 10.1. The molecular formula is C17H17BrOS2. The molecule has 0 atom stereocenters. The van der Waals surface area contributed by atoms with Crippen molar-refractivity contribution < 1.29 is 4.74 Å². The van der Waals surface area contributed by atoms with Crippen molar-refractivity contribution in [3.05, 3.63) is 63.1 Å². The van der Waals surface area contributed by atoms with Crippen LogP contribution in [0.3, 0.4) is 0 Å². The van der Waals surface area contributed by atoms with Crippen LogP contribution in [0.15, 0.2) is 40.9 Å². The summed E-state index contributed by atoms with van der Waals surface area (Å²) >= 11 is 7.50. The molecule has 2 aliphatic heterocycles. The van der Waals surface area contributed by atoms with Crippen LogP contribution in [-0.4, -0.2) is 7.11 Å². The predicted molar refractivity (Wildman–Crippen MR) is 97.1 cm³/mol. The molecule has 1 nitrogen and oxygen atoms in total. The first-order valence-electron chi connectivity index (χ1n) is 6.85. The molecular weight excluding hydrogens is 364 g/mol. The van der Waals surface area contributed by atoms with Crippen LogP contribution >= 0.6 is 39.5 Å². The highest BCUT2D eigenvalue weighted by Crippen LogP contribution is 2.35. The Labute approximate surface area is 143 Å². The molecule has 0 aromatic heterocycles. The first-order valence-corrected chi connectivity index (χ1v) is 9.95. The maximum Gasteiger partial charge on any atom is 0.126 e. The first kappa shape index (κ1) is 15.3. The van der Waals surface area contributed by atoms with Gasteiger partial charge in [0.25, 0.3) is 0 Å². The van der Waals surface area contributed by atoms with Crippen molar-refractivity contribution in [1.82, 2.24) is 0 Å². The molecule has 4 rings (SSSR count). The zero-order valence-electron chi connectivity index (χ0n) is 11.9. The molecule has 0 fully saturated rings. The number of hydrogen-bond donors (Lipinski definition) is 0. The van der Waals surface area contributed by atoms with E-state index >= 15 is 0 Å². The van der Waals surface area contributed by atoms with E-state index in [0.717, 1.165) is 33.2 Å². The van der Waals surface area contributed by atoms with Crippen LogP contribution in [0.1, 0.15) is 22.3 Å². The molecule has 2 aromatic rings. The molecule has 110 valence electrons. The molecule has 0 saturated heterocycles. The predicted octanol–water partition coefficient (Wildman–Crippen LogP) is 5.64. The molecule has 2 aliphatic rings. The van der Waals surface area contributed by atoms with Gasteiger partial charge in [-0.1, -0.05) is 40.2 Å². The fourth-order valence-corrected chi connectivity index (χ4v) is 4.96. The van der Waals surface area contributed by atoms with Gasteiger partial charge in [0.1, 0.15) is 5.75 Å². The summed E-state index contributed by atoms with van der Waals surface area (Å²) in [5.74, 6) is 5.08. The zero-order valence-corrected chi connectivity index (χ0v) is 15.1. The highest BCUT2D eigenvalue weighted by atomic mass is 79.9. The van der Waals surface area contributed by atoms with Gasteiger partial charge in [-0.25, -0.2) is 0 Å². The molecule has 21 heavy (non-hydrogen) atoms. The average Bonchev–Trinajstić information content (AvgIpc) is 2.49. The Bertz CT molecular complexity index is 575. The van der Waals surface area contributed by atoms with Gasteiger partial charge < -0.3 is 4.74 Å². The minimum Gasteiger partial charge on any atom is -0.496 e. The standard InChI is InChI=1S/C17H17BrOS2/c1-19-17-14-6-16(18)7-15(17)11-21-9-13-3-2-12(4-5-13)8-20-10-14/h2-7H,8-11H2,1H3. The van der Waals surface area contributed by atoms with E-state index in [2.05, 4.69) is 52.3 Å². The van der Waals surface area contributed by atoms with Crippen LogP contribution in [0.2, 0.25) is 0 Å². The van der Waals surface area contributed by atoms with Gasteiger partial charge in [0.05, 0.1) is 7.11 Å². The topological polar surface area (TPSA) is 9.23 Å². The van der Waals surface area contributed by atoms with Crippen molar-refractivity contribution in [2.45, 2.75) is 23.0 Å². The maximum absolute atomic E-state index is 5.69. The summed E-state index contributed by atoms with van der Waals surface area (Å²) in [5.41, 5.74) is 5.34. The SMILES string of the molecule is COc1c2cc(Br)cc1CSCc1ccc(cc1)CSC2. The largest absolute Gasteiger partial charge is 0.496 e. The van der Waals surface area contributed by atoms with Gasteiger partial charge in [-0.15, -0.1) is 0 Å². The van der Waals surface area contributed by atoms with E-state index in [9.17, 15) is 0 Å². The number of hydrogen-bond acceptors (Lipinski definition) is 3. The molecule has 0 aliphatic carbocycles. The summed E-state index contributed by atoms with van der Waals surface area (Å²) in [4.78, 5) is 0. The Morgan fingerprint density at radius 1 is 0.857 bits per heavy atom. The van der Waals surface area contributed by atoms with E-state index in [1.54, 1.807) is 7.11 Å². The quantitative estimate of drug-likeness (QED) is 0.633. The van der Waals surface area contributed by atoms with Crippen LogP contribution in [0.25, 0.3) is 0 Å². The molecule has 0 spiro atoms. The summed E-state index contributed by atoms with van der Waals surface area (Å²) in [6.07, 6.45) is 0. The monoisotopic (exact) mass is 380 g/mol. The third-order valence-electron chi connectivity index (χ3n) is 3.49. The van der Waals surface area contributed by atoms with E-state index < -0.39 is 0 Å². The first-order chi connectivity index (χ1) is 10.3. The lowest BCUT2D eigenvalue weighted by Crippen LogP contribution is -1.97. The van der Waals surface area contributed by atoms with Crippen molar-refractivity contribution in [2.24, 2.45) is 0 Å². The van der Waals surface area contributed by atoms with Crippen molar-refractivity contribution in [2.75, 3.05) is 7.11 Å². The van der Waals surface area contributed by atoms with Crippen molar-refractivity contribution in [3.63, 3.8) is 0 Å². The zero-order chi connectivity index (χ0) is 14.7. The minimum atomic E-state index is 0.974. The van der Waals surface area contributed by atoms with Crippen LogP contribution in [0.4, 0.5) is 0 Å². The third kappa shape index (κ3) is 3.79. The number of ether oxygens (including phenoxy) is 1. The number of rotatable bonds is 1. The summed E-state index contributed by atoms with van der Waals surface area (Å²) in [7, 11) is 1.78. The van der Waals surface area contributed by atoms with Crippen LogP contribution in [-0.2, 0) is 23.0 Å². The fraction of sp³-hybridized carbons (Fsp3) is 0.294. The number of halogens is 1. The third-order valence-corrected chi connectivity index (χ3v) is 6.05. The molecule has 4 heteroatoms. The van der Waals surface area contributed by atoms with E-state index in [4.69, 9.17) is 4.74 Å². The number of benzene rings is 2. The van der Waals surface area contributed by atoms with E-state index in [0.29, 0.717) is 0 Å². The lowest BCUT2D eigenvalue weighted by molar-refractivity contribution is 0.408. The molecule has 0 amide bonds. The highest BCUT2D eigenvalue weighted by Gasteiger charge is 2.12. The Balaban J connectivity index is 1.94. The normalized spacial score (nSPS) is 15.0. The molecule has 0 saturated carbocycles. The maximum atomic E-state index is 5.69. The molecule has 2 aromatic carbocycles. The van der Waals surface area contributed by atoms with Gasteiger partial charge in [0, 0.05) is 38.6 Å². The molecule has 0 unspecified atom stereocenters. The number of thioether (sulfide) groups is 2. The second-order valence-corrected chi connectivity index (χ2v) is 7.95. The summed E-state index contributed by atoms with van der Waals surface area (Å²) < 4.78 is 6.83. The van der Waals surface area contributed by atoms with E-state index in [-0.39, 0.29) is 0 Å². The van der Waals surface area contributed by atoms with E-state index in [1.165, 1.54) is 22.3 Å². The summed E-state index contributed by atoms with van der Waals surface area (Å²) in [6, 6.07) is 13.4. The summed E-state index contributed by atoms with van der Waals surface area (Å²) in [5, 5.41) is 0. The van der Waals surface area contributed by atoms with Crippen LogP contribution in [0.5, 0.6) is 5.75 Å². The van der Waals surface area contributed by atoms with Crippen molar-refractivity contribution >= 4 is 39.5 Å². The Morgan fingerprint density at radius 2 is 1.33 bits per heavy atom. The molecule has 2 heterocycles. The van der Waals surface area contributed by atoms with Crippen molar-refractivity contribution in [3.8, 4) is 5.75 Å². The number of methoxy groups -OCH3 is 1. The van der Waals surface area contributed by atoms with Crippen LogP contribution in [0, 0.1) is 0 Å². The van der Waals surface area contributed by atoms with Gasteiger partial charge in [-0.3, -0.25) is 0 Å². The Hall–Kier alpha value is -0.580. The molecule has 0 radical (unpaired) electrons. The van der Waals surface area contributed by atoms with Gasteiger partial charge >= 0.3 is 0 Å². The molecule has 0 N–H and O–H groups in total. The lowest BCUT2D eigenvalue weighted by Gasteiger charge is -2.14. The second-order valence-electron chi connectivity index (χ2n) is 5.06. The van der Waals surface area contributed by atoms with Crippen molar-refractivity contribution in [1.29, 1.82) is 0 Å². The van der Waals surface area contributed by atoms with Gasteiger partial charge in [-0.2, -0.15) is 23.5 Å². The van der Waals surface area contributed by atoms with Gasteiger partial charge in [-0.05, 0) is 23.3 Å². The fourth-order valence-electron chi connectivity index (χ4n) is 2.48. The number of fused-ring (bicyclic) bond motifs is 6.